The lowest BCUT2D eigenvalue weighted by Gasteiger charge is -2.37. The van der Waals surface area contributed by atoms with Crippen molar-refractivity contribution in [2.45, 2.75) is 45.3 Å². The van der Waals surface area contributed by atoms with Crippen molar-refractivity contribution in [2.75, 3.05) is 44.3 Å². The molecule has 6 nitrogen and oxygen atoms in total. The van der Waals surface area contributed by atoms with Crippen LogP contribution in [0.25, 0.3) is 0 Å². The van der Waals surface area contributed by atoms with Crippen LogP contribution in [0.3, 0.4) is 0 Å². The van der Waals surface area contributed by atoms with Crippen LogP contribution in [0.1, 0.15) is 50.0 Å². The van der Waals surface area contributed by atoms with E-state index in [2.05, 4.69) is 23.7 Å². The third kappa shape index (κ3) is 4.12. The first-order valence-corrected chi connectivity index (χ1v) is 9.45. The van der Waals surface area contributed by atoms with Gasteiger partial charge in [0.15, 0.2) is 5.79 Å². The second-order valence-corrected chi connectivity index (χ2v) is 6.79. The summed E-state index contributed by atoms with van der Waals surface area (Å²) in [5.74, 6) is -0.452. The molecule has 2 saturated heterocycles. The zero-order valence-electron chi connectivity index (χ0n) is 15.4. The maximum absolute atomic E-state index is 12.7. The standard InChI is InChI=1S/C19H29N3O3/c1-3-9-21(10-4-2)16-5-6-17(20-15-16)18(23)22-11-7-19(8-12-22)24-13-14-25-19/h5-6,15H,3-4,7-14H2,1-2H3. The summed E-state index contributed by atoms with van der Waals surface area (Å²) in [5, 5.41) is 0. The number of carbonyl (C=O) groups is 1. The minimum atomic E-state index is -0.450. The number of likely N-dealkylation sites (tertiary alicyclic amines) is 1. The van der Waals surface area contributed by atoms with Gasteiger partial charge in [-0.25, -0.2) is 4.98 Å². The van der Waals surface area contributed by atoms with Gasteiger partial charge in [-0.3, -0.25) is 4.79 Å². The number of ether oxygens (including phenoxy) is 2. The molecule has 3 rings (SSSR count). The van der Waals surface area contributed by atoms with Crippen molar-refractivity contribution in [1.29, 1.82) is 0 Å². The Kier molecular flexibility index (Phi) is 5.91. The summed E-state index contributed by atoms with van der Waals surface area (Å²) in [6, 6.07) is 3.86. The van der Waals surface area contributed by atoms with E-state index in [1.165, 1.54) is 0 Å². The first kappa shape index (κ1) is 18.1. The highest BCUT2D eigenvalue weighted by molar-refractivity contribution is 5.92. The topological polar surface area (TPSA) is 54.9 Å². The Morgan fingerprint density at radius 3 is 2.32 bits per heavy atom. The molecule has 0 unspecified atom stereocenters. The monoisotopic (exact) mass is 347 g/mol. The number of hydrogen-bond donors (Lipinski definition) is 0. The average Bonchev–Trinajstić information content (AvgIpc) is 3.10. The van der Waals surface area contributed by atoms with E-state index in [0.717, 1.165) is 44.5 Å². The summed E-state index contributed by atoms with van der Waals surface area (Å²) in [6.45, 7) is 8.99. The van der Waals surface area contributed by atoms with E-state index < -0.39 is 5.79 Å². The van der Waals surface area contributed by atoms with E-state index in [-0.39, 0.29) is 5.91 Å². The smallest absolute Gasteiger partial charge is 0.272 e. The number of hydrogen-bond acceptors (Lipinski definition) is 5. The molecule has 138 valence electrons. The van der Waals surface area contributed by atoms with Crippen LogP contribution in [0.2, 0.25) is 0 Å². The lowest BCUT2D eigenvalue weighted by atomic mass is 10.0. The van der Waals surface area contributed by atoms with Crippen molar-refractivity contribution < 1.29 is 14.3 Å². The number of anilines is 1. The van der Waals surface area contributed by atoms with Gasteiger partial charge >= 0.3 is 0 Å². The molecular weight excluding hydrogens is 318 g/mol. The first-order valence-electron chi connectivity index (χ1n) is 9.45. The molecule has 2 fully saturated rings. The summed E-state index contributed by atoms with van der Waals surface area (Å²) in [6.07, 6.45) is 5.49. The van der Waals surface area contributed by atoms with Gasteiger partial charge in [-0.05, 0) is 25.0 Å². The molecule has 2 aliphatic rings. The molecule has 1 spiro atoms. The maximum atomic E-state index is 12.7. The third-order valence-electron chi connectivity index (χ3n) is 4.95. The quantitative estimate of drug-likeness (QED) is 0.792. The lowest BCUT2D eigenvalue weighted by molar-refractivity contribution is -0.181. The van der Waals surface area contributed by atoms with Crippen molar-refractivity contribution in [3.8, 4) is 0 Å². The van der Waals surface area contributed by atoms with Gasteiger partial charge in [-0.1, -0.05) is 13.8 Å². The van der Waals surface area contributed by atoms with Gasteiger partial charge in [0, 0.05) is 39.0 Å². The summed E-state index contributed by atoms with van der Waals surface area (Å²) in [7, 11) is 0. The average molecular weight is 347 g/mol. The van der Waals surface area contributed by atoms with E-state index in [9.17, 15) is 4.79 Å². The zero-order chi connectivity index (χ0) is 17.7. The van der Waals surface area contributed by atoms with Gasteiger partial charge in [0.25, 0.3) is 5.91 Å². The molecule has 1 aromatic heterocycles. The molecular formula is C19H29N3O3. The van der Waals surface area contributed by atoms with Gasteiger partial charge in [-0.15, -0.1) is 0 Å². The molecule has 0 radical (unpaired) electrons. The predicted molar refractivity (Wildman–Crippen MR) is 96.8 cm³/mol. The fraction of sp³-hybridized carbons (Fsp3) is 0.684. The Bertz CT molecular complexity index is 554. The Balaban J connectivity index is 1.61. The molecule has 6 heteroatoms. The Morgan fingerprint density at radius 1 is 1.16 bits per heavy atom. The van der Waals surface area contributed by atoms with E-state index in [1.807, 2.05) is 23.2 Å². The summed E-state index contributed by atoms with van der Waals surface area (Å²) in [4.78, 5) is 21.3. The molecule has 1 aromatic rings. The number of nitrogens with zero attached hydrogens (tertiary/aromatic N) is 3. The molecule has 0 N–H and O–H groups in total. The van der Waals surface area contributed by atoms with E-state index >= 15 is 0 Å². The number of pyridine rings is 1. The van der Waals surface area contributed by atoms with Crippen molar-refractivity contribution in [3.05, 3.63) is 24.0 Å². The number of piperidine rings is 1. The van der Waals surface area contributed by atoms with Crippen LogP contribution in [0.5, 0.6) is 0 Å². The van der Waals surface area contributed by atoms with Crippen LogP contribution in [-0.4, -0.2) is 61.0 Å². The second kappa shape index (κ2) is 8.15. The van der Waals surface area contributed by atoms with E-state index in [4.69, 9.17) is 9.47 Å². The Hall–Kier alpha value is -1.66. The molecule has 0 saturated carbocycles. The molecule has 1 amide bonds. The molecule has 25 heavy (non-hydrogen) atoms. The van der Waals surface area contributed by atoms with Crippen LogP contribution < -0.4 is 4.90 Å². The fourth-order valence-corrected chi connectivity index (χ4v) is 3.61. The SMILES string of the molecule is CCCN(CCC)c1ccc(C(=O)N2CCC3(CC2)OCCO3)nc1. The molecule has 3 heterocycles. The van der Waals surface area contributed by atoms with Crippen molar-refractivity contribution in [3.63, 3.8) is 0 Å². The summed E-state index contributed by atoms with van der Waals surface area (Å²) >= 11 is 0. The van der Waals surface area contributed by atoms with Gasteiger partial charge in [0.05, 0.1) is 25.1 Å². The summed E-state index contributed by atoms with van der Waals surface area (Å²) < 4.78 is 11.4. The highest BCUT2D eigenvalue weighted by Crippen LogP contribution is 2.31. The van der Waals surface area contributed by atoms with E-state index in [0.29, 0.717) is 32.0 Å². The van der Waals surface area contributed by atoms with Gasteiger partial charge in [0.2, 0.25) is 0 Å². The zero-order valence-corrected chi connectivity index (χ0v) is 15.4. The Labute approximate surface area is 150 Å². The molecule has 0 bridgehead atoms. The van der Waals surface area contributed by atoms with Crippen molar-refractivity contribution in [2.24, 2.45) is 0 Å². The summed E-state index contributed by atoms with van der Waals surface area (Å²) in [5.41, 5.74) is 1.60. The second-order valence-electron chi connectivity index (χ2n) is 6.79. The first-order chi connectivity index (χ1) is 12.2. The van der Waals surface area contributed by atoms with Crippen molar-refractivity contribution in [1.82, 2.24) is 9.88 Å². The highest BCUT2D eigenvalue weighted by atomic mass is 16.7. The third-order valence-corrected chi connectivity index (χ3v) is 4.95. The van der Waals surface area contributed by atoms with Gasteiger partial charge < -0.3 is 19.3 Å². The lowest BCUT2D eigenvalue weighted by Crippen LogP contribution is -2.47. The van der Waals surface area contributed by atoms with E-state index in [1.54, 1.807) is 0 Å². The minimum Gasteiger partial charge on any atom is -0.370 e. The van der Waals surface area contributed by atoms with Crippen LogP contribution in [0.15, 0.2) is 18.3 Å². The Morgan fingerprint density at radius 2 is 1.80 bits per heavy atom. The highest BCUT2D eigenvalue weighted by Gasteiger charge is 2.41. The predicted octanol–water partition coefficient (Wildman–Crippen LogP) is 2.69. The van der Waals surface area contributed by atoms with Crippen LogP contribution >= 0.6 is 0 Å². The van der Waals surface area contributed by atoms with Crippen LogP contribution in [0, 0.1) is 0 Å². The number of carbonyl (C=O) groups excluding carboxylic acids is 1. The molecule has 0 aromatic carbocycles. The maximum Gasteiger partial charge on any atom is 0.272 e. The number of aromatic nitrogens is 1. The van der Waals surface area contributed by atoms with Gasteiger partial charge in [0.1, 0.15) is 5.69 Å². The molecule has 0 atom stereocenters. The number of rotatable bonds is 6. The largest absolute Gasteiger partial charge is 0.370 e. The van der Waals surface area contributed by atoms with Crippen LogP contribution in [0.4, 0.5) is 5.69 Å². The number of amides is 1. The molecule has 0 aliphatic carbocycles. The van der Waals surface area contributed by atoms with Gasteiger partial charge in [-0.2, -0.15) is 0 Å². The molecule has 2 aliphatic heterocycles. The fourth-order valence-electron chi connectivity index (χ4n) is 3.61. The minimum absolute atomic E-state index is 0.00284. The normalized spacial score (nSPS) is 19.4. The van der Waals surface area contributed by atoms with Crippen LogP contribution in [-0.2, 0) is 9.47 Å². The van der Waals surface area contributed by atoms with Crippen molar-refractivity contribution >= 4 is 11.6 Å².